The topological polar surface area (TPSA) is 75.3 Å². The molecule has 0 aromatic heterocycles. The van der Waals surface area contributed by atoms with Crippen molar-refractivity contribution in [1.82, 2.24) is 10.0 Å². The van der Waals surface area contributed by atoms with Gasteiger partial charge in [-0.25, -0.2) is 13.1 Å². The highest BCUT2D eigenvalue weighted by molar-refractivity contribution is 7.91. The molecule has 0 atom stereocenters. The molecule has 0 radical (unpaired) electrons. The standard InChI is InChI=1S/C15H24N2O3S/c1-12(2)10-16-14(18)15(3,4)21(19,20)17-11-13-8-6-5-7-9-13/h5-9,12,17H,10-11H2,1-4H3,(H,16,18). The first-order chi connectivity index (χ1) is 9.67. The first-order valence-corrected chi connectivity index (χ1v) is 8.46. The first-order valence-electron chi connectivity index (χ1n) is 6.98. The largest absolute Gasteiger partial charge is 0.354 e. The summed E-state index contributed by atoms with van der Waals surface area (Å²) < 4.78 is 25.7. The molecule has 0 saturated heterocycles. The molecule has 1 aromatic rings. The van der Waals surface area contributed by atoms with E-state index in [1.54, 1.807) is 0 Å². The number of amides is 1. The van der Waals surface area contributed by atoms with Crippen LogP contribution in [0.15, 0.2) is 30.3 Å². The fourth-order valence-electron chi connectivity index (χ4n) is 1.59. The van der Waals surface area contributed by atoms with E-state index < -0.39 is 20.7 Å². The highest BCUT2D eigenvalue weighted by Crippen LogP contribution is 2.16. The van der Waals surface area contributed by atoms with Crippen molar-refractivity contribution in [2.75, 3.05) is 6.54 Å². The van der Waals surface area contributed by atoms with Crippen LogP contribution in [0, 0.1) is 5.92 Å². The lowest BCUT2D eigenvalue weighted by molar-refractivity contribution is -0.123. The molecule has 118 valence electrons. The van der Waals surface area contributed by atoms with Crippen LogP contribution in [0.3, 0.4) is 0 Å². The van der Waals surface area contributed by atoms with E-state index in [4.69, 9.17) is 0 Å². The van der Waals surface area contributed by atoms with Crippen molar-refractivity contribution in [1.29, 1.82) is 0 Å². The number of hydrogen-bond acceptors (Lipinski definition) is 3. The van der Waals surface area contributed by atoms with E-state index >= 15 is 0 Å². The van der Waals surface area contributed by atoms with Gasteiger partial charge in [0.25, 0.3) is 0 Å². The summed E-state index contributed by atoms with van der Waals surface area (Å²) in [5.41, 5.74) is 0.847. The predicted octanol–water partition coefficient (Wildman–Crippen LogP) is 1.66. The number of carbonyl (C=O) groups excluding carboxylic acids is 1. The molecule has 21 heavy (non-hydrogen) atoms. The van der Waals surface area contributed by atoms with Crippen LogP contribution in [0.1, 0.15) is 33.3 Å². The fourth-order valence-corrected chi connectivity index (χ4v) is 2.62. The summed E-state index contributed by atoms with van der Waals surface area (Å²) >= 11 is 0. The van der Waals surface area contributed by atoms with Gasteiger partial charge in [-0.05, 0) is 25.3 Å². The molecule has 0 aliphatic rings. The molecular formula is C15H24N2O3S. The van der Waals surface area contributed by atoms with Crippen molar-refractivity contribution in [2.24, 2.45) is 5.92 Å². The summed E-state index contributed by atoms with van der Waals surface area (Å²) in [6.07, 6.45) is 0. The molecular weight excluding hydrogens is 288 g/mol. The molecule has 1 aromatic carbocycles. The lowest BCUT2D eigenvalue weighted by Gasteiger charge is -2.24. The van der Waals surface area contributed by atoms with Crippen molar-refractivity contribution >= 4 is 15.9 Å². The molecule has 0 fully saturated rings. The molecule has 0 heterocycles. The van der Waals surface area contributed by atoms with Gasteiger partial charge in [0.15, 0.2) is 4.75 Å². The minimum absolute atomic E-state index is 0.171. The van der Waals surface area contributed by atoms with Crippen molar-refractivity contribution in [3.05, 3.63) is 35.9 Å². The van der Waals surface area contributed by atoms with E-state index in [1.165, 1.54) is 13.8 Å². The summed E-state index contributed by atoms with van der Waals surface area (Å²) in [5, 5.41) is 2.67. The number of sulfonamides is 1. The van der Waals surface area contributed by atoms with E-state index in [0.29, 0.717) is 6.54 Å². The van der Waals surface area contributed by atoms with Crippen LogP contribution in [0.2, 0.25) is 0 Å². The molecule has 1 rings (SSSR count). The van der Waals surface area contributed by atoms with E-state index in [0.717, 1.165) is 5.56 Å². The van der Waals surface area contributed by atoms with Gasteiger partial charge in [0.05, 0.1) is 0 Å². The summed E-state index contributed by atoms with van der Waals surface area (Å²) in [6.45, 7) is 7.36. The summed E-state index contributed by atoms with van der Waals surface area (Å²) in [5.74, 6) is -0.221. The molecule has 0 aliphatic carbocycles. The SMILES string of the molecule is CC(C)CNC(=O)C(C)(C)S(=O)(=O)NCc1ccccc1. The maximum absolute atomic E-state index is 12.3. The van der Waals surface area contributed by atoms with Crippen LogP contribution in [0.5, 0.6) is 0 Å². The zero-order valence-electron chi connectivity index (χ0n) is 13.0. The smallest absolute Gasteiger partial charge is 0.242 e. The Morgan fingerprint density at radius 1 is 1.19 bits per heavy atom. The van der Waals surface area contributed by atoms with Crippen LogP contribution in [0.4, 0.5) is 0 Å². The Balaban J connectivity index is 2.73. The summed E-state index contributed by atoms with van der Waals surface area (Å²) in [7, 11) is -3.77. The number of benzene rings is 1. The molecule has 0 unspecified atom stereocenters. The lowest BCUT2D eigenvalue weighted by atomic mass is 10.1. The van der Waals surface area contributed by atoms with Crippen molar-refractivity contribution < 1.29 is 13.2 Å². The number of hydrogen-bond donors (Lipinski definition) is 2. The minimum Gasteiger partial charge on any atom is -0.354 e. The molecule has 1 amide bonds. The Morgan fingerprint density at radius 2 is 1.76 bits per heavy atom. The second-order valence-corrected chi connectivity index (χ2v) is 8.24. The van der Waals surface area contributed by atoms with E-state index in [2.05, 4.69) is 10.0 Å². The zero-order chi connectivity index (χ0) is 16.1. The number of carbonyl (C=O) groups is 1. The maximum Gasteiger partial charge on any atom is 0.242 e. The molecule has 6 heteroatoms. The van der Waals surface area contributed by atoms with Gasteiger partial charge >= 0.3 is 0 Å². The van der Waals surface area contributed by atoms with Crippen LogP contribution in [0.25, 0.3) is 0 Å². The van der Waals surface area contributed by atoms with Gasteiger partial charge in [0.1, 0.15) is 0 Å². The molecule has 0 spiro atoms. The van der Waals surface area contributed by atoms with Gasteiger partial charge < -0.3 is 5.32 Å². The first kappa shape index (κ1) is 17.7. The molecule has 0 saturated carbocycles. The summed E-state index contributed by atoms with van der Waals surface area (Å²) in [6, 6.07) is 9.19. The van der Waals surface area contributed by atoms with E-state index in [-0.39, 0.29) is 12.5 Å². The Kier molecular flexibility index (Phi) is 5.92. The van der Waals surface area contributed by atoms with Gasteiger partial charge in [-0.15, -0.1) is 0 Å². The summed E-state index contributed by atoms with van der Waals surface area (Å²) in [4.78, 5) is 12.1. The highest BCUT2D eigenvalue weighted by atomic mass is 32.2. The quantitative estimate of drug-likeness (QED) is 0.804. The van der Waals surface area contributed by atoms with Gasteiger partial charge in [0, 0.05) is 13.1 Å². The molecule has 0 aliphatic heterocycles. The fraction of sp³-hybridized carbons (Fsp3) is 0.533. The van der Waals surface area contributed by atoms with Crippen molar-refractivity contribution in [3.63, 3.8) is 0 Å². The number of rotatable bonds is 7. The minimum atomic E-state index is -3.77. The molecule has 2 N–H and O–H groups in total. The molecule has 5 nitrogen and oxygen atoms in total. The normalized spacial score (nSPS) is 12.4. The van der Waals surface area contributed by atoms with Crippen molar-refractivity contribution in [2.45, 2.75) is 39.0 Å². The third-order valence-corrected chi connectivity index (χ3v) is 5.25. The van der Waals surface area contributed by atoms with Crippen molar-refractivity contribution in [3.8, 4) is 0 Å². The average molecular weight is 312 g/mol. The third kappa shape index (κ3) is 4.82. The lowest BCUT2D eigenvalue weighted by Crippen LogP contribution is -2.53. The van der Waals surface area contributed by atoms with Gasteiger partial charge in [-0.3, -0.25) is 4.79 Å². The monoisotopic (exact) mass is 312 g/mol. The van der Waals surface area contributed by atoms with Crippen LogP contribution >= 0.6 is 0 Å². The van der Waals surface area contributed by atoms with Crippen LogP contribution < -0.4 is 10.0 Å². The Bertz CT molecular complexity index is 566. The van der Waals surface area contributed by atoms with E-state index in [1.807, 2.05) is 44.2 Å². The average Bonchev–Trinajstić information content (AvgIpc) is 2.43. The van der Waals surface area contributed by atoms with Gasteiger partial charge in [-0.1, -0.05) is 44.2 Å². The van der Waals surface area contributed by atoms with Gasteiger partial charge in [0.2, 0.25) is 15.9 Å². The maximum atomic E-state index is 12.3. The Labute approximate surface area is 127 Å². The second-order valence-electron chi connectivity index (χ2n) is 5.92. The second kappa shape index (κ2) is 7.04. The van der Waals surface area contributed by atoms with Gasteiger partial charge in [-0.2, -0.15) is 0 Å². The predicted molar refractivity (Wildman–Crippen MR) is 84.1 cm³/mol. The highest BCUT2D eigenvalue weighted by Gasteiger charge is 2.41. The third-order valence-electron chi connectivity index (χ3n) is 3.20. The van der Waals surface area contributed by atoms with E-state index in [9.17, 15) is 13.2 Å². The Morgan fingerprint density at radius 3 is 2.29 bits per heavy atom. The number of nitrogens with one attached hydrogen (secondary N) is 2. The van der Waals surface area contributed by atoms with Crippen LogP contribution in [-0.2, 0) is 21.4 Å². The molecule has 0 bridgehead atoms. The zero-order valence-corrected chi connectivity index (χ0v) is 13.8. The van der Waals surface area contributed by atoms with Crippen LogP contribution in [-0.4, -0.2) is 25.6 Å². The Hall–Kier alpha value is -1.40.